The van der Waals surface area contributed by atoms with Gasteiger partial charge in [-0.15, -0.1) is 0 Å². The Bertz CT molecular complexity index is 587. The maximum absolute atomic E-state index is 12.9. The van der Waals surface area contributed by atoms with E-state index in [1.807, 2.05) is 26.9 Å². The van der Waals surface area contributed by atoms with Crippen LogP contribution in [0.5, 0.6) is 0 Å². The zero-order valence-electron chi connectivity index (χ0n) is 14.0. The summed E-state index contributed by atoms with van der Waals surface area (Å²) in [6.07, 6.45) is -4.57. The van der Waals surface area contributed by atoms with Gasteiger partial charge < -0.3 is 15.5 Å². The van der Waals surface area contributed by atoms with Crippen molar-refractivity contribution < 1.29 is 22.4 Å². The van der Waals surface area contributed by atoms with Crippen molar-refractivity contribution in [3.63, 3.8) is 0 Å². The Balaban J connectivity index is 2.89. The number of halogens is 3. The zero-order valence-corrected chi connectivity index (χ0v) is 15.0. The highest BCUT2D eigenvalue weighted by Gasteiger charge is 2.34. The van der Waals surface area contributed by atoms with Crippen LogP contribution >= 0.6 is 0 Å². The molecule has 130 valence electrons. The molecule has 0 unspecified atom stereocenters. The van der Waals surface area contributed by atoms with Crippen molar-refractivity contribution in [3.8, 4) is 0 Å². The predicted molar refractivity (Wildman–Crippen MR) is 87.8 cm³/mol. The monoisotopic (exact) mass is 348 g/mol. The van der Waals surface area contributed by atoms with Crippen LogP contribution in [0.2, 0.25) is 18.6 Å². The van der Waals surface area contributed by atoms with Crippen molar-refractivity contribution >= 4 is 25.6 Å². The molecule has 0 saturated carbocycles. The fourth-order valence-corrected chi connectivity index (χ4v) is 2.58. The van der Waals surface area contributed by atoms with Crippen molar-refractivity contribution in [1.82, 2.24) is 0 Å². The van der Waals surface area contributed by atoms with E-state index in [4.69, 9.17) is 10.2 Å². The molecular formula is C15H23F3N2O2Si. The van der Waals surface area contributed by atoms with E-state index in [1.165, 1.54) is 13.0 Å². The molecule has 23 heavy (non-hydrogen) atoms. The summed E-state index contributed by atoms with van der Waals surface area (Å²) >= 11 is 0. The van der Waals surface area contributed by atoms with Gasteiger partial charge in [-0.05, 0) is 43.3 Å². The first-order valence-corrected chi connectivity index (χ1v) is 10.2. The fourth-order valence-electron chi connectivity index (χ4n) is 1.74. The lowest BCUT2D eigenvalue weighted by atomic mass is 10.1. The molecule has 0 aliphatic carbocycles. The van der Waals surface area contributed by atoms with E-state index in [9.17, 15) is 18.0 Å². The molecule has 1 rings (SSSR count). The molecule has 0 radical (unpaired) electrons. The number of alkyl halides is 3. The number of amides is 1. The number of carbonyl (C=O) groups excluding carboxylic acids is 1. The van der Waals surface area contributed by atoms with E-state index in [0.717, 1.165) is 6.07 Å². The lowest BCUT2D eigenvalue weighted by molar-refractivity contribution is -0.137. The number of carbonyl (C=O) groups is 1. The van der Waals surface area contributed by atoms with Gasteiger partial charge in [0.25, 0.3) is 0 Å². The van der Waals surface area contributed by atoms with Crippen LogP contribution < -0.4 is 11.1 Å². The summed E-state index contributed by atoms with van der Waals surface area (Å²) in [7, 11) is -2.00. The van der Waals surface area contributed by atoms with Crippen LogP contribution in [-0.4, -0.2) is 20.8 Å². The first-order valence-electron chi connectivity index (χ1n) is 7.25. The van der Waals surface area contributed by atoms with Gasteiger partial charge >= 0.3 is 6.18 Å². The van der Waals surface area contributed by atoms with E-state index in [2.05, 4.69) is 5.32 Å². The van der Waals surface area contributed by atoms with Gasteiger partial charge in [0, 0.05) is 0 Å². The average Bonchev–Trinajstić information content (AvgIpc) is 2.39. The molecule has 0 aromatic heterocycles. The maximum atomic E-state index is 12.9. The Kier molecular flexibility index (Phi) is 5.87. The van der Waals surface area contributed by atoms with Crippen molar-refractivity contribution in [2.75, 3.05) is 17.7 Å². The van der Waals surface area contributed by atoms with Gasteiger partial charge in [-0.2, -0.15) is 13.2 Å². The number of hydrogen-bond donors (Lipinski definition) is 2. The molecule has 8 heteroatoms. The molecule has 0 spiro atoms. The lowest BCUT2D eigenvalue weighted by Crippen LogP contribution is -2.37. The Morgan fingerprint density at radius 1 is 1.35 bits per heavy atom. The Morgan fingerprint density at radius 2 is 1.91 bits per heavy atom. The third-order valence-electron chi connectivity index (χ3n) is 3.87. The molecule has 3 N–H and O–H groups in total. The third kappa shape index (κ3) is 5.24. The number of anilines is 2. The maximum Gasteiger partial charge on any atom is 0.418 e. The number of aryl methyl sites for hydroxylation is 1. The minimum atomic E-state index is -4.57. The van der Waals surface area contributed by atoms with Gasteiger partial charge in [-0.1, -0.05) is 13.8 Å². The van der Waals surface area contributed by atoms with E-state index in [-0.39, 0.29) is 12.3 Å². The SMILES string of the molecule is Cc1cc(NC(=O)CO[Si](C)(C)C(C)C)c(N)c(C(F)(F)F)c1. The smallest absolute Gasteiger partial charge is 0.408 e. The first-order chi connectivity index (χ1) is 10.3. The summed E-state index contributed by atoms with van der Waals surface area (Å²) in [5.74, 6) is -0.517. The van der Waals surface area contributed by atoms with Gasteiger partial charge in [0.05, 0.1) is 16.9 Å². The zero-order chi connectivity index (χ0) is 18.0. The van der Waals surface area contributed by atoms with Gasteiger partial charge in [0.2, 0.25) is 5.91 Å². The first kappa shape index (κ1) is 19.5. The molecule has 0 aliphatic heterocycles. The van der Waals surface area contributed by atoms with E-state index in [0.29, 0.717) is 11.1 Å². The van der Waals surface area contributed by atoms with Crippen LogP contribution in [0, 0.1) is 6.92 Å². The average molecular weight is 348 g/mol. The number of nitrogens with one attached hydrogen (secondary N) is 1. The molecule has 0 fully saturated rings. The van der Waals surface area contributed by atoms with Crippen LogP contribution in [0.25, 0.3) is 0 Å². The molecule has 0 saturated heterocycles. The molecule has 0 aliphatic rings. The summed E-state index contributed by atoms with van der Waals surface area (Å²) in [6, 6.07) is 2.36. The Morgan fingerprint density at radius 3 is 2.39 bits per heavy atom. The minimum Gasteiger partial charge on any atom is -0.408 e. The van der Waals surface area contributed by atoms with Crippen LogP contribution in [0.3, 0.4) is 0 Å². The van der Waals surface area contributed by atoms with Crippen molar-refractivity contribution in [1.29, 1.82) is 0 Å². The topological polar surface area (TPSA) is 64.3 Å². The van der Waals surface area contributed by atoms with Crippen molar-refractivity contribution in [2.24, 2.45) is 0 Å². The van der Waals surface area contributed by atoms with Crippen LogP contribution in [0.4, 0.5) is 24.5 Å². The number of benzene rings is 1. The summed E-state index contributed by atoms with van der Waals surface area (Å²) in [5, 5.41) is 2.41. The molecule has 0 bridgehead atoms. The standard InChI is InChI=1S/C15H23F3N2O2Si/c1-9(2)23(4,5)22-8-13(21)20-12-7-10(3)6-11(14(12)19)15(16,17)18/h6-7,9H,8,19H2,1-5H3,(H,20,21). The quantitative estimate of drug-likeness (QED) is 0.620. The third-order valence-corrected chi connectivity index (χ3v) is 7.54. The molecule has 4 nitrogen and oxygen atoms in total. The summed E-state index contributed by atoms with van der Waals surface area (Å²) in [4.78, 5) is 12.0. The second kappa shape index (κ2) is 6.92. The van der Waals surface area contributed by atoms with Crippen LogP contribution in [0.15, 0.2) is 12.1 Å². The Hall–Kier alpha value is -1.54. The molecule has 1 amide bonds. The van der Waals surface area contributed by atoms with Crippen LogP contribution in [-0.2, 0) is 15.4 Å². The molecule has 0 atom stereocenters. The highest BCUT2D eigenvalue weighted by atomic mass is 28.4. The van der Waals surface area contributed by atoms with Crippen molar-refractivity contribution in [2.45, 2.75) is 45.6 Å². The second-order valence-corrected chi connectivity index (χ2v) is 11.0. The second-order valence-electron chi connectivity index (χ2n) is 6.37. The molecular weight excluding hydrogens is 325 g/mol. The minimum absolute atomic E-state index is 0.0463. The van der Waals surface area contributed by atoms with Gasteiger partial charge in [-0.3, -0.25) is 4.79 Å². The number of nitrogens with two attached hydrogens (primary N) is 1. The van der Waals surface area contributed by atoms with Gasteiger partial charge in [-0.25, -0.2) is 0 Å². The van der Waals surface area contributed by atoms with E-state index < -0.39 is 31.7 Å². The molecule has 1 aromatic carbocycles. The highest BCUT2D eigenvalue weighted by molar-refractivity contribution is 6.72. The summed E-state index contributed by atoms with van der Waals surface area (Å²) < 4.78 is 44.4. The summed E-state index contributed by atoms with van der Waals surface area (Å²) in [6.45, 7) is 9.29. The van der Waals surface area contributed by atoms with E-state index in [1.54, 1.807) is 0 Å². The number of nitrogen functional groups attached to an aromatic ring is 1. The normalized spacial score (nSPS) is 12.6. The number of rotatable bonds is 5. The largest absolute Gasteiger partial charge is 0.418 e. The summed E-state index contributed by atoms with van der Waals surface area (Å²) in [5.41, 5.74) is 4.74. The molecule has 0 heterocycles. The lowest BCUT2D eigenvalue weighted by Gasteiger charge is -2.26. The highest BCUT2D eigenvalue weighted by Crippen LogP contribution is 2.38. The molecule has 1 aromatic rings. The predicted octanol–water partition coefficient (Wildman–Crippen LogP) is 4.17. The van der Waals surface area contributed by atoms with Crippen LogP contribution in [0.1, 0.15) is 25.0 Å². The Labute approximate surface area is 135 Å². The van der Waals surface area contributed by atoms with Crippen molar-refractivity contribution in [3.05, 3.63) is 23.3 Å². The number of hydrogen-bond acceptors (Lipinski definition) is 3. The van der Waals surface area contributed by atoms with Gasteiger partial charge in [0.15, 0.2) is 8.32 Å². The van der Waals surface area contributed by atoms with Gasteiger partial charge in [0.1, 0.15) is 6.61 Å². The van der Waals surface area contributed by atoms with E-state index >= 15 is 0 Å². The fraction of sp³-hybridized carbons (Fsp3) is 0.533.